The third-order valence-electron chi connectivity index (χ3n) is 5.03. The molecule has 1 N–H and O–H groups in total. The molecule has 7 nitrogen and oxygen atoms in total. The average Bonchev–Trinajstić information content (AvgIpc) is 2.71. The average molecular weight is 390 g/mol. The lowest BCUT2D eigenvalue weighted by molar-refractivity contribution is 0.0237. The second kappa shape index (κ2) is 8.71. The molecule has 2 saturated heterocycles. The Morgan fingerprint density at radius 2 is 1.96 bits per heavy atom. The van der Waals surface area contributed by atoms with Crippen LogP contribution in [0.5, 0.6) is 5.88 Å². The van der Waals surface area contributed by atoms with Gasteiger partial charge in [0.2, 0.25) is 5.88 Å². The molecule has 2 fully saturated rings. The summed E-state index contributed by atoms with van der Waals surface area (Å²) in [6.07, 6.45) is 9.04. The predicted octanol–water partition coefficient (Wildman–Crippen LogP) is 3.16. The van der Waals surface area contributed by atoms with Crippen LogP contribution in [0, 0.1) is 0 Å². The second-order valence-corrected chi connectivity index (χ2v) is 7.31. The fourth-order valence-electron chi connectivity index (χ4n) is 3.50. The van der Waals surface area contributed by atoms with Crippen molar-refractivity contribution in [1.29, 1.82) is 0 Å². The fourth-order valence-corrected chi connectivity index (χ4v) is 3.67. The van der Waals surface area contributed by atoms with E-state index in [2.05, 4.69) is 25.2 Å². The molecule has 0 amide bonds. The number of rotatable bonds is 5. The van der Waals surface area contributed by atoms with Crippen LogP contribution in [0.1, 0.15) is 25.7 Å². The van der Waals surface area contributed by atoms with Crippen LogP contribution in [-0.4, -0.2) is 53.4 Å². The predicted molar refractivity (Wildman–Crippen MR) is 105 cm³/mol. The van der Waals surface area contributed by atoms with Gasteiger partial charge in [0, 0.05) is 50.4 Å². The van der Waals surface area contributed by atoms with Gasteiger partial charge in [0.1, 0.15) is 18.2 Å². The number of hydrogen-bond donors (Lipinski definition) is 1. The van der Waals surface area contributed by atoms with E-state index in [9.17, 15) is 0 Å². The molecule has 0 bridgehead atoms. The summed E-state index contributed by atoms with van der Waals surface area (Å²) in [4.78, 5) is 15.0. The Bertz CT molecular complexity index is 748. The van der Waals surface area contributed by atoms with E-state index in [1.165, 1.54) is 0 Å². The van der Waals surface area contributed by atoms with Gasteiger partial charge in [-0.1, -0.05) is 11.6 Å². The van der Waals surface area contributed by atoms with Crippen LogP contribution in [0.3, 0.4) is 0 Å². The Balaban J connectivity index is 1.32. The molecule has 4 heterocycles. The minimum atomic E-state index is 0.182. The van der Waals surface area contributed by atoms with E-state index < -0.39 is 0 Å². The quantitative estimate of drug-likeness (QED) is 0.841. The highest BCUT2D eigenvalue weighted by Gasteiger charge is 2.22. The lowest BCUT2D eigenvalue weighted by atomic mass is 10.0. The van der Waals surface area contributed by atoms with Crippen LogP contribution in [0.4, 0.5) is 11.5 Å². The van der Waals surface area contributed by atoms with Crippen molar-refractivity contribution in [2.24, 2.45) is 0 Å². The van der Waals surface area contributed by atoms with Crippen LogP contribution in [0.15, 0.2) is 30.9 Å². The molecule has 2 aliphatic heterocycles. The summed E-state index contributed by atoms with van der Waals surface area (Å²) in [7, 11) is 0. The standard InChI is InChI=1S/C19H24ClN5O2/c20-16-12-21-6-1-17(16)24-14-2-7-25(8-3-14)18-11-19(23-13-22-18)27-15-4-9-26-10-5-15/h1,6,11-15H,2-5,7-10H2,(H,21,24). The number of pyridine rings is 1. The summed E-state index contributed by atoms with van der Waals surface area (Å²) in [5.41, 5.74) is 0.944. The monoisotopic (exact) mass is 389 g/mol. The van der Waals surface area contributed by atoms with Gasteiger partial charge in [-0.15, -0.1) is 0 Å². The maximum absolute atomic E-state index is 6.19. The van der Waals surface area contributed by atoms with Crippen LogP contribution in [0.2, 0.25) is 5.02 Å². The number of ether oxygens (including phenoxy) is 2. The van der Waals surface area contributed by atoms with Crippen molar-refractivity contribution in [2.45, 2.75) is 37.8 Å². The van der Waals surface area contributed by atoms with Crippen LogP contribution >= 0.6 is 11.6 Å². The number of aromatic nitrogens is 3. The minimum Gasteiger partial charge on any atom is -0.474 e. The zero-order chi connectivity index (χ0) is 18.5. The smallest absolute Gasteiger partial charge is 0.218 e. The maximum atomic E-state index is 6.19. The van der Waals surface area contributed by atoms with Gasteiger partial charge in [0.05, 0.1) is 23.9 Å². The number of nitrogens with one attached hydrogen (secondary N) is 1. The molecule has 0 aromatic carbocycles. The van der Waals surface area contributed by atoms with Crippen LogP contribution in [0.25, 0.3) is 0 Å². The highest BCUT2D eigenvalue weighted by molar-refractivity contribution is 6.33. The summed E-state index contributed by atoms with van der Waals surface area (Å²) in [6.45, 7) is 3.36. The molecular formula is C19H24ClN5O2. The zero-order valence-electron chi connectivity index (χ0n) is 15.2. The van der Waals surface area contributed by atoms with E-state index in [0.29, 0.717) is 16.9 Å². The molecule has 27 heavy (non-hydrogen) atoms. The topological polar surface area (TPSA) is 72.4 Å². The van der Waals surface area contributed by atoms with Crippen molar-refractivity contribution < 1.29 is 9.47 Å². The Labute approximate surface area is 164 Å². The van der Waals surface area contributed by atoms with Gasteiger partial charge in [-0.25, -0.2) is 9.97 Å². The summed E-state index contributed by atoms with van der Waals surface area (Å²) in [6, 6.07) is 4.25. The van der Waals surface area contributed by atoms with E-state index in [-0.39, 0.29) is 6.10 Å². The van der Waals surface area contributed by atoms with E-state index in [1.807, 2.05) is 12.1 Å². The summed E-state index contributed by atoms with van der Waals surface area (Å²) in [5, 5.41) is 4.18. The zero-order valence-corrected chi connectivity index (χ0v) is 15.9. The van der Waals surface area contributed by atoms with Crippen molar-refractivity contribution in [1.82, 2.24) is 15.0 Å². The highest BCUT2D eigenvalue weighted by Crippen LogP contribution is 2.26. The molecular weight excluding hydrogens is 366 g/mol. The first-order chi connectivity index (χ1) is 13.3. The molecule has 2 aromatic rings. The summed E-state index contributed by atoms with van der Waals surface area (Å²) < 4.78 is 11.4. The van der Waals surface area contributed by atoms with Gasteiger partial charge in [-0.05, 0) is 18.9 Å². The summed E-state index contributed by atoms with van der Waals surface area (Å²) >= 11 is 6.19. The van der Waals surface area contributed by atoms with Crippen molar-refractivity contribution >= 4 is 23.1 Å². The van der Waals surface area contributed by atoms with Gasteiger partial charge in [-0.2, -0.15) is 0 Å². The van der Waals surface area contributed by atoms with Crippen molar-refractivity contribution in [3.63, 3.8) is 0 Å². The highest BCUT2D eigenvalue weighted by atomic mass is 35.5. The molecule has 4 rings (SSSR count). The number of hydrogen-bond acceptors (Lipinski definition) is 7. The molecule has 0 saturated carbocycles. The van der Waals surface area contributed by atoms with Gasteiger partial charge >= 0.3 is 0 Å². The minimum absolute atomic E-state index is 0.182. The van der Waals surface area contributed by atoms with Crippen molar-refractivity contribution in [2.75, 3.05) is 36.5 Å². The molecule has 2 aromatic heterocycles. The first-order valence-corrected chi connectivity index (χ1v) is 9.83. The van der Waals surface area contributed by atoms with Gasteiger partial charge in [0.25, 0.3) is 0 Å². The van der Waals surface area contributed by atoms with Gasteiger partial charge in [0.15, 0.2) is 0 Å². The first-order valence-electron chi connectivity index (χ1n) is 9.45. The Kier molecular flexibility index (Phi) is 5.89. The first kappa shape index (κ1) is 18.3. The lowest BCUT2D eigenvalue weighted by Gasteiger charge is -2.33. The molecule has 0 unspecified atom stereocenters. The summed E-state index contributed by atoms with van der Waals surface area (Å²) in [5.74, 6) is 1.57. The Hall–Kier alpha value is -2.12. The second-order valence-electron chi connectivity index (χ2n) is 6.91. The largest absolute Gasteiger partial charge is 0.474 e. The van der Waals surface area contributed by atoms with Gasteiger partial charge < -0.3 is 19.7 Å². The maximum Gasteiger partial charge on any atom is 0.218 e. The van der Waals surface area contributed by atoms with E-state index in [4.69, 9.17) is 21.1 Å². The van der Waals surface area contributed by atoms with E-state index >= 15 is 0 Å². The third-order valence-corrected chi connectivity index (χ3v) is 5.34. The Morgan fingerprint density at radius 1 is 1.15 bits per heavy atom. The molecule has 0 aliphatic carbocycles. The van der Waals surface area contributed by atoms with Crippen molar-refractivity contribution in [3.8, 4) is 5.88 Å². The molecule has 144 valence electrons. The Morgan fingerprint density at radius 3 is 2.74 bits per heavy atom. The molecule has 0 spiro atoms. The molecule has 2 aliphatic rings. The molecule has 8 heteroatoms. The van der Waals surface area contributed by atoms with E-state index in [0.717, 1.165) is 63.5 Å². The normalized spacial score (nSPS) is 19.1. The number of piperidine rings is 1. The van der Waals surface area contributed by atoms with Crippen molar-refractivity contribution in [3.05, 3.63) is 35.9 Å². The SMILES string of the molecule is Clc1cnccc1NC1CCN(c2cc(OC3CCOCC3)ncn2)CC1. The lowest BCUT2D eigenvalue weighted by Crippen LogP contribution is -2.39. The number of nitrogens with zero attached hydrogens (tertiary/aromatic N) is 4. The molecule has 0 radical (unpaired) electrons. The number of anilines is 2. The number of halogens is 1. The van der Waals surface area contributed by atoms with Crippen LogP contribution in [-0.2, 0) is 4.74 Å². The fraction of sp³-hybridized carbons (Fsp3) is 0.526. The van der Waals surface area contributed by atoms with Crippen LogP contribution < -0.4 is 15.0 Å². The molecule has 0 atom stereocenters. The van der Waals surface area contributed by atoms with Gasteiger partial charge in [-0.3, -0.25) is 4.98 Å². The third kappa shape index (κ3) is 4.78. The van der Waals surface area contributed by atoms with E-state index in [1.54, 1.807) is 18.7 Å².